The summed E-state index contributed by atoms with van der Waals surface area (Å²) in [6.07, 6.45) is 0.566. The molecule has 0 aliphatic carbocycles. The fourth-order valence-electron chi connectivity index (χ4n) is 0.801. The van der Waals surface area contributed by atoms with Gasteiger partial charge in [-0.15, -0.1) is 0 Å². The molecule has 0 bridgehead atoms. The molecule has 0 saturated carbocycles. The zero-order chi connectivity index (χ0) is 10.2. The average Bonchev–Trinajstić information content (AvgIpc) is 2.13. The lowest BCUT2D eigenvalue weighted by atomic mass is 10.1. The molecule has 0 unspecified atom stereocenters. The molecular formula is C8H5F5. The standard InChI is InChI=1S/C8H3F5.H2/c1-2-3-4(9)6(11)8(13)7(12)5(3)10;/h2H,1H2;1H. The van der Waals surface area contributed by atoms with E-state index in [2.05, 4.69) is 6.58 Å². The molecule has 1 rings (SSSR count). The predicted molar refractivity (Wildman–Crippen MR) is 38.4 cm³/mol. The predicted octanol–water partition coefficient (Wildman–Crippen LogP) is 3.27. The molecule has 0 aliphatic rings. The molecule has 0 fully saturated rings. The zero-order valence-corrected chi connectivity index (χ0v) is 6.17. The maximum absolute atomic E-state index is 12.6. The third-order valence-corrected chi connectivity index (χ3v) is 1.45. The van der Waals surface area contributed by atoms with E-state index in [9.17, 15) is 22.0 Å². The quantitative estimate of drug-likeness (QED) is 0.367. The van der Waals surface area contributed by atoms with Crippen molar-refractivity contribution in [2.45, 2.75) is 0 Å². The van der Waals surface area contributed by atoms with Gasteiger partial charge in [-0.05, 0) is 0 Å². The highest BCUT2D eigenvalue weighted by Gasteiger charge is 2.23. The van der Waals surface area contributed by atoms with Gasteiger partial charge in [-0.3, -0.25) is 0 Å². The van der Waals surface area contributed by atoms with Gasteiger partial charge in [0.2, 0.25) is 5.82 Å². The Kier molecular flexibility index (Phi) is 2.36. The normalized spacial score (nSPS) is 10.2. The van der Waals surface area contributed by atoms with Gasteiger partial charge < -0.3 is 0 Å². The van der Waals surface area contributed by atoms with Crippen molar-refractivity contribution in [3.8, 4) is 0 Å². The number of rotatable bonds is 1. The van der Waals surface area contributed by atoms with Gasteiger partial charge in [0.05, 0.1) is 5.56 Å². The minimum atomic E-state index is -2.17. The summed E-state index contributed by atoms with van der Waals surface area (Å²) in [4.78, 5) is 0. The molecule has 0 N–H and O–H groups in total. The molecule has 13 heavy (non-hydrogen) atoms. The van der Waals surface area contributed by atoms with Crippen LogP contribution in [0.3, 0.4) is 0 Å². The fourth-order valence-corrected chi connectivity index (χ4v) is 0.801. The Hall–Kier alpha value is -1.39. The minimum Gasteiger partial charge on any atom is -0.203 e. The molecule has 0 amide bonds. The molecule has 72 valence electrons. The highest BCUT2D eigenvalue weighted by molar-refractivity contribution is 5.49. The highest BCUT2D eigenvalue weighted by atomic mass is 19.2. The number of hydrogen-bond donors (Lipinski definition) is 0. The van der Waals surface area contributed by atoms with Gasteiger partial charge in [0.1, 0.15) is 0 Å². The van der Waals surface area contributed by atoms with E-state index in [1.807, 2.05) is 0 Å². The number of hydrogen-bond acceptors (Lipinski definition) is 0. The van der Waals surface area contributed by atoms with Crippen LogP contribution in [0.25, 0.3) is 6.08 Å². The summed E-state index contributed by atoms with van der Waals surface area (Å²) in [5.74, 6) is -9.83. The second-order valence-corrected chi connectivity index (χ2v) is 2.19. The van der Waals surface area contributed by atoms with Gasteiger partial charge in [-0.25, -0.2) is 22.0 Å². The molecule has 1 aromatic rings. The van der Waals surface area contributed by atoms with Crippen LogP contribution >= 0.6 is 0 Å². The zero-order valence-electron chi connectivity index (χ0n) is 6.17. The molecule has 0 nitrogen and oxygen atoms in total. The van der Waals surface area contributed by atoms with Crippen LogP contribution in [0, 0.1) is 29.1 Å². The molecule has 0 aliphatic heterocycles. The van der Waals surface area contributed by atoms with Crippen LogP contribution < -0.4 is 0 Å². The van der Waals surface area contributed by atoms with E-state index in [0.717, 1.165) is 0 Å². The van der Waals surface area contributed by atoms with E-state index in [4.69, 9.17) is 0 Å². The lowest BCUT2D eigenvalue weighted by molar-refractivity contribution is 0.377. The van der Waals surface area contributed by atoms with Crippen molar-refractivity contribution >= 4 is 6.08 Å². The van der Waals surface area contributed by atoms with Crippen molar-refractivity contribution in [3.63, 3.8) is 0 Å². The van der Waals surface area contributed by atoms with E-state index >= 15 is 0 Å². The summed E-state index contributed by atoms with van der Waals surface area (Å²) in [6, 6.07) is 0. The Morgan fingerprint density at radius 2 is 1.08 bits per heavy atom. The summed E-state index contributed by atoms with van der Waals surface area (Å²) >= 11 is 0. The van der Waals surface area contributed by atoms with Gasteiger partial charge in [0, 0.05) is 1.43 Å². The van der Waals surface area contributed by atoms with Gasteiger partial charge in [0.25, 0.3) is 0 Å². The Labute approximate surface area is 71.8 Å². The topological polar surface area (TPSA) is 0 Å². The van der Waals surface area contributed by atoms with Crippen molar-refractivity contribution in [3.05, 3.63) is 41.2 Å². The van der Waals surface area contributed by atoms with Crippen molar-refractivity contribution in [2.75, 3.05) is 0 Å². The fraction of sp³-hybridized carbons (Fsp3) is 0. The average molecular weight is 196 g/mol. The molecule has 0 atom stereocenters. The summed E-state index contributed by atoms with van der Waals surface area (Å²) < 4.78 is 62.4. The van der Waals surface area contributed by atoms with Crippen LogP contribution in [-0.4, -0.2) is 0 Å². The molecule has 0 spiro atoms. The summed E-state index contributed by atoms with van der Waals surface area (Å²) in [5, 5.41) is 0. The van der Waals surface area contributed by atoms with Gasteiger partial charge >= 0.3 is 0 Å². The second-order valence-electron chi connectivity index (χ2n) is 2.19. The number of benzene rings is 1. The van der Waals surface area contributed by atoms with Crippen molar-refractivity contribution < 1.29 is 23.4 Å². The van der Waals surface area contributed by atoms with Gasteiger partial charge in [0.15, 0.2) is 23.3 Å². The summed E-state index contributed by atoms with van der Waals surface area (Å²) in [7, 11) is 0. The SMILES string of the molecule is C=Cc1c(F)c(F)c(F)c(F)c1F.[HH]. The first-order chi connectivity index (χ1) is 6.00. The molecule has 1 aromatic carbocycles. The maximum Gasteiger partial charge on any atom is 0.200 e. The minimum absolute atomic E-state index is 0. The molecular weight excluding hydrogens is 191 g/mol. The van der Waals surface area contributed by atoms with Crippen LogP contribution in [0.1, 0.15) is 6.99 Å². The molecule has 0 radical (unpaired) electrons. The first kappa shape index (κ1) is 9.70. The van der Waals surface area contributed by atoms with Crippen LogP contribution in [-0.2, 0) is 0 Å². The monoisotopic (exact) mass is 196 g/mol. The smallest absolute Gasteiger partial charge is 0.200 e. The van der Waals surface area contributed by atoms with E-state index < -0.39 is 34.6 Å². The van der Waals surface area contributed by atoms with Crippen molar-refractivity contribution in [2.24, 2.45) is 0 Å². The van der Waals surface area contributed by atoms with Crippen LogP contribution in [0.2, 0.25) is 0 Å². The number of halogens is 5. The van der Waals surface area contributed by atoms with Crippen LogP contribution in [0.5, 0.6) is 0 Å². The molecule has 0 heterocycles. The van der Waals surface area contributed by atoms with E-state index in [1.165, 1.54) is 0 Å². The molecule has 0 saturated heterocycles. The Morgan fingerprint density at radius 3 is 1.38 bits per heavy atom. The lowest BCUT2D eigenvalue weighted by Crippen LogP contribution is -2.03. The first-order valence-corrected chi connectivity index (χ1v) is 3.14. The van der Waals surface area contributed by atoms with Gasteiger partial charge in [-0.2, -0.15) is 0 Å². The third kappa shape index (κ3) is 1.30. The van der Waals surface area contributed by atoms with Crippen molar-refractivity contribution in [1.82, 2.24) is 0 Å². The molecule has 0 aromatic heterocycles. The Bertz CT molecular complexity index is 345. The van der Waals surface area contributed by atoms with E-state index in [0.29, 0.717) is 6.08 Å². The van der Waals surface area contributed by atoms with Crippen LogP contribution in [0.15, 0.2) is 6.58 Å². The largest absolute Gasteiger partial charge is 0.203 e. The first-order valence-electron chi connectivity index (χ1n) is 3.14. The Balaban J connectivity index is 0.00000169. The van der Waals surface area contributed by atoms with Crippen LogP contribution in [0.4, 0.5) is 22.0 Å². The second kappa shape index (κ2) is 3.16. The third-order valence-electron chi connectivity index (χ3n) is 1.45. The van der Waals surface area contributed by atoms with Crippen molar-refractivity contribution in [1.29, 1.82) is 0 Å². The Morgan fingerprint density at radius 1 is 0.769 bits per heavy atom. The maximum atomic E-state index is 12.6. The highest BCUT2D eigenvalue weighted by Crippen LogP contribution is 2.23. The van der Waals surface area contributed by atoms with E-state index in [-0.39, 0.29) is 1.43 Å². The summed E-state index contributed by atoms with van der Waals surface area (Å²) in [5.41, 5.74) is -1.02. The van der Waals surface area contributed by atoms with E-state index in [1.54, 1.807) is 0 Å². The lowest BCUT2D eigenvalue weighted by Gasteiger charge is -2.02. The summed E-state index contributed by atoms with van der Waals surface area (Å²) in [6.45, 7) is 2.93. The molecule has 5 heteroatoms. The van der Waals surface area contributed by atoms with Gasteiger partial charge in [-0.1, -0.05) is 12.7 Å².